The van der Waals surface area contributed by atoms with Crippen LogP contribution in [0.2, 0.25) is 0 Å². The van der Waals surface area contributed by atoms with Crippen LogP contribution in [-0.4, -0.2) is 42.9 Å². The molecule has 1 unspecified atom stereocenters. The molecule has 0 saturated carbocycles. The fourth-order valence-electron chi connectivity index (χ4n) is 2.07. The Kier molecular flexibility index (Phi) is 6.02. The Morgan fingerprint density at radius 2 is 1.90 bits per heavy atom. The van der Waals surface area contributed by atoms with Crippen molar-refractivity contribution in [1.82, 2.24) is 10.2 Å². The highest BCUT2D eigenvalue weighted by Crippen LogP contribution is 2.21. The minimum Gasteiger partial charge on any atom is -0.397 e. The monoisotopic (exact) mass is 292 g/mol. The normalized spacial score (nSPS) is 11.6. The summed E-state index contributed by atoms with van der Waals surface area (Å²) in [6.45, 7) is 6.99. The lowest BCUT2D eigenvalue weighted by atomic mass is 10.1. The third-order valence-corrected chi connectivity index (χ3v) is 3.36. The number of rotatable bonds is 6. The number of hydrogen-bond donors (Lipinski definition) is 3. The minimum atomic E-state index is -0.410. The second-order valence-corrected chi connectivity index (χ2v) is 4.76. The fourth-order valence-corrected chi connectivity index (χ4v) is 2.07. The number of nitrogens with two attached hydrogens (primary N) is 1. The van der Waals surface area contributed by atoms with E-state index in [1.807, 2.05) is 13.8 Å². The SMILES string of the molecule is CCN(CC)C(=O)C(C)Nc1cc(C(=O)NC)ccc1N. The van der Waals surface area contributed by atoms with E-state index in [9.17, 15) is 9.59 Å². The van der Waals surface area contributed by atoms with E-state index >= 15 is 0 Å². The van der Waals surface area contributed by atoms with Gasteiger partial charge in [-0.25, -0.2) is 0 Å². The van der Waals surface area contributed by atoms with Gasteiger partial charge in [0.2, 0.25) is 5.91 Å². The van der Waals surface area contributed by atoms with Gasteiger partial charge in [-0.2, -0.15) is 0 Å². The molecule has 116 valence electrons. The molecule has 1 rings (SSSR count). The van der Waals surface area contributed by atoms with Gasteiger partial charge in [0.05, 0.1) is 11.4 Å². The zero-order valence-electron chi connectivity index (χ0n) is 13.1. The number of hydrogen-bond acceptors (Lipinski definition) is 4. The van der Waals surface area contributed by atoms with Crippen LogP contribution in [0.15, 0.2) is 18.2 Å². The number of benzene rings is 1. The van der Waals surface area contributed by atoms with Gasteiger partial charge in [0.25, 0.3) is 5.91 Å². The first-order valence-electron chi connectivity index (χ1n) is 7.11. The molecule has 1 aromatic carbocycles. The first-order valence-corrected chi connectivity index (χ1v) is 7.11. The smallest absolute Gasteiger partial charge is 0.251 e. The average molecular weight is 292 g/mol. The maximum Gasteiger partial charge on any atom is 0.251 e. The summed E-state index contributed by atoms with van der Waals surface area (Å²) < 4.78 is 0. The number of carbonyl (C=O) groups is 2. The zero-order valence-corrected chi connectivity index (χ0v) is 13.1. The zero-order chi connectivity index (χ0) is 16.0. The molecule has 0 bridgehead atoms. The van der Waals surface area contributed by atoms with Crippen molar-refractivity contribution in [2.45, 2.75) is 26.8 Å². The molecule has 0 aliphatic rings. The van der Waals surface area contributed by atoms with Gasteiger partial charge in [0, 0.05) is 25.7 Å². The minimum absolute atomic E-state index is 0.00439. The molecule has 0 spiro atoms. The second-order valence-electron chi connectivity index (χ2n) is 4.76. The van der Waals surface area contributed by atoms with E-state index in [4.69, 9.17) is 5.73 Å². The van der Waals surface area contributed by atoms with Crippen LogP contribution in [0, 0.1) is 0 Å². The number of likely N-dealkylation sites (N-methyl/N-ethyl adjacent to an activating group) is 1. The van der Waals surface area contributed by atoms with Gasteiger partial charge in [-0.3, -0.25) is 9.59 Å². The summed E-state index contributed by atoms with van der Waals surface area (Å²) in [7, 11) is 1.57. The molecule has 0 aliphatic heterocycles. The van der Waals surface area contributed by atoms with E-state index in [-0.39, 0.29) is 11.8 Å². The van der Waals surface area contributed by atoms with Gasteiger partial charge in [-0.05, 0) is 39.0 Å². The van der Waals surface area contributed by atoms with Gasteiger partial charge in [-0.1, -0.05) is 0 Å². The third-order valence-electron chi connectivity index (χ3n) is 3.36. The van der Waals surface area contributed by atoms with Crippen LogP contribution in [0.1, 0.15) is 31.1 Å². The van der Waals surface area contributed by atoms with E-state index in [1.54, 1.807) is 37.1 Å². The molecule has 1 atom stereocenters. The largest absolute Gasteiger partial charge is 0.397 e. The Hall–Kier alpha value is -2.24. The quantitative estimate of drug-likeness (QED) is 0.690. The number of anilines is 2. The maximum absolute atomic E-state index is 12.2. The molecule has 6 nitrogen and oxygen atoms in total. The molecule has 0 radical (unpaired) electrons. The standard InChI is InChI=1S/C15H24N4O2/c1-5-19(6-2)15(21)10(3)18-13-9-11(14(20)17-4)7-8-12(13)16/h7-10,18H,5-6,16H2,1-4H3,(H,17,20). The van der Waals surface area contributed by atoms with Gasteiger partial charge in [-0.15, -0.1) is 0 Å². The van der Waals surface area contributed by atoms with Crippen LogP contribution in [0.5, 0.6) is 0 Å². The van der Waals surface area contributed by atoms with Crippen LogP contribution in [0.4, 0.5) is 11.4 Å². The average Bonchev–Trinajstić information content (AvgIpc) is 2.49. The molecule has 4 N–H and O–H groups in total. The van der Waals surface area contributed by atoms with Gasteiger partial charge in [0.1, 0.15) is 6.04 Å². The molecule has 0 fully saturated rings. The van der Waals surface area contributed by atoms with E-state index in [1.165, 1.54) is 0 Å². The van der Waals surface area contributed by atoms with Crippen LogP contribution in [0.25, 0.3) is 0 Å². The molecule has 1 aromatic rings. The van der Waals surface area contributed by atoms with E-state index in [0.717, 1.165) is 0 Å². The van der Waals surface area contributed by atoms with Crippen molar-refractivity contribution in [3.05, 3.63) is 23.8 Å². The lowest BCUT2D eigenvalue weighted by Crippen LogP contribution is -2.41. The number of amides is 2. The van der Waals surface area contributed by atoms with Crippen molar-refractivity contribution in [2.75, 3.05) is 31.2 Å². The first-order chi connectivity index (χ1) is 9.94. The Morgan fingerprint density at radius 3 is 2.43 bits per heavy atom. The van der Waals surface area contributed by atoms with Crippen molar-refractivity contribution >= 4 is 23.2 Å². The summed E-state index contributed by atoms with van der Waals surface area (Å²) >= 11 is 0. The van der Waals surface area contributed by atoms with E-state index in [2.05, 4.69) is 10.6 Å². The number of carbonyl (C=O) groups excluding carboxylic acids is 2. The maximum atomic E-state index is 12.2. The van der Waals surface area contributed by atoms with Gasteiger partial charge >= 0.3 is 0 Å². The predicted molar refractivity (Wildman–Crippen MR) is 85.3 cm³/mol. The van der Waals surface area contributed by atoms with Crippen LogP contribution in [-0.2, 0) is 4.79 Å². The van der Waals surface area contributed by atoms with Crippen molar-refractivity contribution < 1.29 is 9.59 Å². The summed E-state index contributed by atoms with van der Waals surface area (Å²) in [4.78, 5) is 25.6. The second kappa shape index (κ2) is 7.52. The van der Waals surface area contributed by atoms with Gasteiger partial charge in [0.15, 0.2) is 0 Å². The summed E-state index contributed by atoms with van der Waals surface area (Å²) in [6, 6.07) is 4.55. The summed E-state index contributed by atoms with van der Waals surface area (Å²) in [5, 5.41) is 5.64. The lowest BCUT2D eigenvalue weighted by Gasteiger charge is -2.24. The van der Waals surface area contributed by atoms with Crippen molar-refractivity contribution in [2.24, 2.45) is 0 Å². The van der Waals surface area contributed by atoms with Crippen LogP contribution < -0.4 is 16.4 Å². The topological polar surface area (TPSA) is 87.5 Å². The molecule has 0 saturated heterocycles. The van der Waals surface area contributed by atoms with E-state index < -0.39 is 6.04 Å². The first kappa shape index (κ1) is 16.8. The third kappa shape index (κ3) is 4.11. The highest BCUT2D eigenvalue weighted by Gasteiger charge is 2.19. The highest BCUT2D eigenvalue weighted by atomic mass is 16.2. The Balaban J connectivity index is 2.91. The Morgan fingerprint density at radius 1 is 1.29 bits per heavy atom. The molecule has 21 heavy (non-hydrogen) atoms. The molecule has 2 amide bonds. The molecular weight excluding hydrogens is 268 g/mol. The molecule has 0 heterocycles. The van der Waals surface area contributed by atoms with Crippen molar-refractivity contribution in [1.29, 1.82) is 0 Å². The molecule has 0 aliphatic carbocycles. The predicted octanol–water partition coefficient (Wildman–Crippen LogP) is 1.30. The van der Waals surface area contributed by atoms with E-state index in [0.29, 0.717) is 30.0 Å². The van der Waals surface area contributed by atoms with Crippen LogP contribution in [0.3, 0.4) is 0 Å². The number of nitrogens with zero attached hydrogens (tertiary/aromatic N) is 1. The summed E-state index contributed by atoms with van der Waals surface area (Å²) in [5.41, 5.74) is 7.49. The summed E-state index contributed by atoms with van der Waals surface area (Å²) in [5.74, 6) is -0.189. The van der Waals surface area contributed by atoms with Crippen molar-refractivity contribution in [3.63, 3.8) is 0 Å². The summed E-state index contributed by atoms with van der Waals surface area (Å²) in [6.07, 6.45) is 0. The Labute approximate surface area is 125 Å². The lowest BCUT2D eigenvalue weighted by molar-refractivity contribution is -0.131. The number of nitrogens with one attached hydrogen (secondary N) is 2. The molecular formula is C15H24N4O2. The van der Waals surface area contributed by atoms with Crippen LogP contribution >= 0.6 is 0 Å². The highest BCUT2D eigenvalue weighted by molar-refractivity contribution is 5.96. The van der Waals surface area contributed by atoms with Gasteiger partial charge < -0.3 is 21.3 Å². The number of nitrogen functional groups attached to an aromatic ring is 1. The fraction of sp³-hybridized carbons (Fsp3) is 0.467. The Bertz CT molecular complexity index is 512. The van der Waals surface area contributed by atoms with Crippen molar-refractivity contribution in [3.8, 4) is 0 Å². The molecule has 6 heteroatoms. The molecule has 0 aromatic heterocycles.